The van der Waals surface area contributed by atoms with Gasteiger partial charge in [-0.15, -0.1) is 0 Å². The molecule has 3 rings (SSSR count). The molecular formula is C30H48O4. The van der Waals surface area contributed by atoms with Gasteiger partial charge in [0.05, 0.1) is 0 Å². The Morgan fingerprint density at radius 3 is 2.29 bits per heavy atom. The van der Waals surface area contributed by atoms with Gasteiger partial charge >= 0.3 is 11.9 Å². The zero-order valence-electron chi connectivity index (χ0n) is 22.7. The second-order valence-corrected chi connectivity index (χ2v) is 12.8. The number of fused-ring (bicyclic) bond motifs is 3. The van der Waals surface area contributed by atoms with E-state index in [2.05, 4.69) is 41.5 Å². The Morgan fingerprint density at radius 2 is 1.71 bits per heavy atom. The average molecular weight is 473 g/mol. The molecule has 4 heteroatoms. The van der Waals surface area contributed by atoms with E-state index < -0.39 is 11.9 Å². The standard InChI is InChI=1S/C30H48O4/c1-19(2)22-11-13-25-28(5,24(22)12-14-26(31)32)17-18-29(6)23(15-16-30(25,29)7)20(3)9-8-10-21(4)27(33)34/h10,20,23-25H,8-9,11-18H2,1-7H3,(H,31,32)(H,33,34). The second kappa shape index (κ2) is 9.82. The summed E-state index contributed by atoms with van der Waals surface area (Å²) in [6.07, 6.45) is 12.1. The maximum atomic E-state index is 11.5. The number of carbonyl (C=O) groups is 2. The summed E-state index contributed by atoms with van der Waals surface area (Å²) in [6.45, 7) is 16.1. The fourth-order valence-electron chi connectivity index (χ4n) is 9.03. The minimum absolute atomic E-state index is 0.175. The molecule has 3 saturated carbocycles. The summed E-state index contributed by atoms with van der Waals surface area (Å²) in [4.78, 5) is 22.7. The van der Waals surface area contributed by atoms with Crippen molar-refractivity contribution in [3.05, 3.63) is 22.8 Å². The van der Waals surface area contributed by atoms with Gasteiger partial charge < -0.3 is 10.2 Å². The van der Waals surface area contributed by atoms with Gasteiger partial charge in [0, 0.05) is 12.0 Å². The highest BCUT2D eigenvalue weighted by atomic mass is 16.4. The summed E-state index contributed by atoms with van der Waals surface area (Å²) in [5, 5.41) is 18.6. The van der Waals surface area contributed by atoms with Gasteiger partial charge in [0.25, 0.3) is 0 Å². The zero-order valence-corrected chi connectivity index (χ0v) is 22.7. The average Bonchev–Trinajstić information content (AvgIpc) is 3.03. The van der Waals surface area contributed by atoms with E-state index in [9.17, 15) is 14.7 Å². The lowest BCUT2D eigenvalue weighted by atomic mass is 9.40. The second-order valence-electron chi connectivity index (χ2n) is 12.8. The molecule has 7 unspecified atom stereocenters. The summed E-state index contributed by atoms with van der Waals surface area (Å²) in [6, 6.07) is 0. The summed E-state index contributed by atoms with van der Waals surface area (Å²) in [5.74, 6) is 0.774. The molecule has 2 N–H and O–H groups in total. The van der Waals surface area contributed by atoms with Crippen LogP contribution in [-0.2, 0) is 9.59 Å². The van der Waals surface area contributed by atoms with Gasteiger partial charge in [-0.1, -0.05) is 44.9 Å². The quantitative estimate of drug-likeness (QED) is 0.278. The topological polar surface area (TPSA) is 74.6 Å². The summed E-state index contributed by atoms with van der Waals surface area (Å²) in [5.41, 5.74) is 4.14. The van der Waals surface area contributed by atoms with Crippen molar-refractivity contribution < 1.29 is 19.8 Å². The molecule has 3 aliphatic carbocycles. The lowest BCUT2D eigenvalue weighted by molar-refractivity contribution is -0.147. The molecule has 192 valence electrons. The van der Waals surface area contributed by atoms with Crippen LogP contribution in [0.4, 0.5) is 0 Å². The van der Waals surface area contributed by atoms with E-state index in [-0.39, 0.29) is 17.3 Å². The molecule has 0 bridgehead atoms. The Kier molecular flexibility index (Phi) is 7.80. The maximum Gasteiger partial charge on any atom is 0.330 e. The van der Waals surface area contributed by atoms with Crippen molar-refractivity contribution in [1.29, 1.82) is 0 Å². The van der Waals surface area contributed by atoms with Gasteiger partial charge in [0.2, 0.25) is 0 Å². The fourth-order valence-corrected chi connectivity index (χ4v) is 9.03. The van der Waals surface area contributed by atoms with E-state index in [1.807, 2.05) is 6.08 Å². The van der Waals surface area contributed by atoms with Crippen LogP contribution < -0.4 is 0 Å². The normalized spacial score (nSPS) is 38.7. The molecule has 0 aromatic carbocycles. The molecule has 3 aliphatic rings. The first-order chi connectivity index (χ1) is 15.8. The van der Waals surface area contributed by atoms with Crippen molar-refractivity contribution in [2.45, 2.75) is 113 Å². The van der Waals surface area contributed by atoms with Crippen LogP contribution in [0.15, 0.2) is 22.8 Å². The van der Waals surface area contributed by atoms with Gasteiger partial charge in [0.15, 0.2) is 0 Å². The van der Waals surface area contributed by atoms with Gasteiger partial charge in [-0.25, -0.2) is 4.79 Å². The van der Waals surface area contributed by atoms with Crippen molar-refractivity contribution in [3.63, 3.8) is 0 Å². The molecule has 0 aromatic rings. The summed E-state index contributed by atoms with van der Waals surface area (Å²) < 4.78 is 0. The molecule has 0 amide bonds. The van der Waals surface area contributed by atoms with E-state index in [1.165, 1.54) is 43.3 Å². The molecule has 7 atom stereocenters. The maximum absolute atomic E-state index is 11.5. The molecule has 34 heavy (non-hydrogen) atoms. The van der Waals surface area contributed by atoms with Crippen molar-refractivity contribution in [3.8, 4) is 0 Å². The first kappa shape index (κ1) is 27.0. The highest BCUT2D eigenvalue weighted by Gasteiger charge is 2.66. The smallest absolute Gasteiger partial charge is 0.330 e. The Labute approximate surface area is 207 Å². The van der Waals surface area contributed by atoms with Crippen molar-refractivity contribution >= 4 is 11.9 Å². The summed E-state index contributed by atoms with van der Waals surface area (Å²) >= 11 is 0. The van der Waals surface area contributed by atoms with E-state index in [0.29, 0.717) is 34.7 Å². The van der Waals surface area contributed by atoms with Crippen LogP contribution in [0.25, 0.3) is 0 Å². The van der Waals surface area contributed by atoms with Gasteiger partial charge in [-0.05, 0) is 118 Å². The van der Waals surface area contributed by atoms with Crippen LogP contribution in [0.1, 0.15) is 113 Å². The molecule has 0 heterocycles. The SMILES string of the molecule is CC(=CCCC(C)C1CCC2(C)C3CCC(=C(C)C)C(CCC(=O)O)C3(C)CCC12C)C(=O)O. The molecule has 0 saturated heterocycles. The van der Waals surface area contributed by atoms with Crippen LogP contribution in [0, 0.1) is 39.9 Å². The first-order valence-corrected chi connectivity index (χ1v) is 13.6. The Balaban J connectivity index is 1.86. The highest BCUT2D eigenvalue weighted by molar-refractivity contribution is 5.85. The number of aliphatic carboxylic acids is 2. The first-order valence-electron chi connectivity index (χ1n) is 13.6. The number of hydrogen-bond acceptors (Lipinski definition) is 2. The van der Waals surface area contributed by atoms with E-state index in [0.717, 1.165) is 25.7 Å². The third kappa shape index (κ3) is 4.51. The molecular weight excluding hydrogens is 424 g/mol. The van der Waals surface area contributed by atoms with E-state index in [4.69, 9.17) is 5.11 Å². The van der Waals surface area contributed by atoms with Crippen molar-refractivity contribution in [2.24, 2.45) is 39.9 Å². The van der Waals surface area contributed by atoms with Gasteiger partial charge in [-0.3, -0.25) is 4.79 Å². The minimum Gasteiger partial charge on any atom is -0.481 e. The van der Waals surface area contributed by atoms with Crippen LogP contribution in [0.2, 0.25) is 0 Å². The van der Waals surface area contributed by atoms with Crippen LogP contribution in [0.5, 0.6) is 0 Å². The predicted molar refractivity (Wildman–Crippen MR) is 138 cm³/mol. The largest absolute Gasteiger partial charge is 0.481 e. The summed E-state index contributed by atoms with van der Waals surface area (Å²) in [7, 11) is 0. The molecule has 3 fully saturated rings. The number of rotatable bonds is 8. The zero-order chi connectivity index (χ0) is 25.5. The lowest BCUT2D eigenvalue weighted by Gasteiger charge is -2.65. The predicted octanol–water partition coefficient (Wildman–Crippen LogP) is 7.88. The van der Waals surface area contributed by atoms with Crippen LogP contribution in [0.3, 0.4) is 0 Å². The number of allylic oxidation sites excluding steroid dienone is 3. The number of hydrogen-bond donors (Lipinski definition) is 2. The molecule has 0 aromatic heterocycles. The van der Waals surface area contributed by atoms with Gasteiger partial charge in [-0.2, -0.15) is 0 Å². The fraction of sp³-hybridized carbons (Fsp3) is 0.800. The Morgan fingerprint density at radius 1 is 1.03 bits per heavy atom. The number of carboxylic acids is 2. The minimum atomic E-state index is -0.815. The monoisotopic (exact) mass is 472 g/mol. The van der Waals surface area contributed by atoms with Crippen molar-refractivity contribution in [2.75, 3.05) is 0 Å². The molecule has 0 radical (unpaired) electrons. The van der Waals surface area contributed by atoms with Crippen LogP contribution in [-0.4, -0.2) is 22.2 Å². The highest BCUT2D eigenvalue weighted by Crippen LogP contribution is 2.74. The molecule has 0 aliphatic heterocycles. The van der Waals surface area contributed by atoms with Gasteiger partial charge in [0.1, 0.15) is 0 Å². The van der Waals surface area contributed by atoms with Crippen LogP contribution >= 0.6 is 0 Å². The Hall–Kier alpha value is -1.58. The van der Waals surface area contributed by atoms with Crippen molar-refractivity contribution in [1.82, 2.24) is 0 Å². The Bertz CT molecular complexity index is 865. The third-order valence-electron chi connectivity index (χ3n) is 11.2. The third-order valence-corrected chi connectivity index (χ3v) is 11.2. The molecule has 0 spiro atoms. The number of carboxylic acid groups (broad SMARTS) is 2. The van der Waals surface area contributed by atoms with E-state index >= 15 is 0 Å². The van der Waals surface area contributed by atoms with E-state index in [1.54, 1.807) is 6.92 Å². The lowest BCUT2D eigenvalue weighted by Crippen LogP contribution is -2.57. The molecule has 4 nitrogen and oxygen atoms in total.